The Kier molecular flexibility index (Phi) is 5.81. The van der Waals surface area contributed by atoms with E-state index in [1.807, 2.05) is 36.4 Å². The summed E-state index contributed by atoms with van der Waals surface area (Å²) in [6, 6.07) is 14.7. The first-order chi connectivity index (χ1) is 11.8. The van der Waals surface area contributed by atoms with Crippen LogP contribution in [0.15, 0.2) is 54.6 Å². The molecule has 0 atom stereocenters. The number of benzene rings is 2. The van der Waals surface area contributed by atoms with E-state index in [1.165, 1.54) is 0 Å². The van der Waals surface area contributed by atoms with Gasteiger partial charge in [-0.2, -0.15) is 0 Å². The number of phenols is 1. The van der Waals surface area contributed by atoms with E-state index in [0.717, 1.165) is 17.4 Å². The average Bonchev–Trinajstić information content (AvgIpc) is 2.60. The Bertz CT molecular complexity index is 753. The van der Waals surface area contributed by atoms with Gasteiger partial charge in [0.1, 0.15) is 12.0 Å². The van der Waals surface area contributed by atoms with E-state index < -0.39 is 5.54 Å². The van der Waals surface area contributed by atoms with Crippen molar-refractivity contribution in [2.45, 2.75) is 33.2 Å². The fourth-order valence-electron chi connectivity index (χ4n) is 3.03. The van der Waals surface area contributed by atoms with Crippen LogP contribution in [0.5, 0.6) is 5.75 Å². The molecular weight excluding hydrogens is 310 g/mol. The summed E-state index contributed by atoms with van der Waals surface area (Å²) in [5.74, 6) is 0.556. The summed E-state index contributed by atoms with van der Waals surface area (Å²) in [5, 5.41) is 10.4. The van der Waals surface area contributed by atoms with Crippen molar-refractivity contribution >= 4 is 11.9 Å². The predicted octanol–water partition coefficient (Wildman–Crippen LogP) is 4.65. The highest BCUT2D eigenvalue weighted by Gasteiger charge is 2.31. The van der Waals surface area contributed by atoms with E-state index >= 15 is 0 Å². The summed E-state index contributed by atoms with van der Waals surface area (Å²) >= 11 is 0. The molecule has 0 aliphatic rings. The Morgan fingerprint density at radius 1 is 1.04 bits per heavy atom. The SMILES string of the molecule is CC(C)C(N)(C=C(c1ccccc1)c1cc(C=O)ccc1O)C(C)C. The molecule has 2 rings (SSSR count). The molecule has 0 amide bonds. The zero-order chi connectivity index (χ0) is 18.6. The third-order valence-electron chi connectivity index (χ3n) is 4.93. The highest BCUT2D eigenvalue weighted by Crippen LogP contribution is 2.36. The quantitative estimate of drug-likeness (QED) is 0.754. The number of phenolic OH excluding ortho intramolecular Hbond substituents is 1. The highest BCUT2D eigenvalue weighted by atomic mass is 16.3. The molecule has 0 aliphatic carbocycles. The van der Waals surface area contributed by atoms with Crippen molar-refractivity contribution in [3.63, 3.8) is 0 Å². The first kappa shape index (κ1) is 18.9. The summed E-state index contributed by atoms with van der Waals surface area (Å²) in [4.78, 5) is 11.2. The van der Waals surface area contributed by atoms with E-state index in [2.05, 4.69) is 27.7 Å². The molecule has 3 heteroatoms. The Hall–Kier alpha value is -2.39. The smallest absolute Gasteiger partial charge is 0.150 e. The standard InChI is InChI=1S/C22H27NO2/c1-15(2)22(23,16(3)4)13-20(18-8-6-5-7-9-18)19-12-17(14-24)10-11-21(19)25/h5-16,25H,23H2,1-4H3. The zero-order valence-electron chi connectivity index (χ0n) is 15.4. The minimum Gasteiger partial charge on any atom is -0.507 e. The molecule has 0 fully saturated rings. The number of carbonyl (C=O) groups excluding carboxylic acids is 1. The maximum absolute atomic E-state index is 11.2. The lowest BCUT2D eigenvalue weighted by molar-refractivity contribution is 0.112. The second kappa shape index (κ2) is 7.66. The van der Waals surface area contributed by atoms with Gasteiger partial charge in [0, 0.05) is 16.7 Å². The largest absolute Gasteiger partial charge is 0.507 e. The predicted molar refractivity (Wildman–Crippen MR) is 104 cm³/mol. The zero-order valence-corrected chi connectivity index (χ0v) is 15.4. The molecule has 0 saturated heterocycles. The van der Waals surface area contributed by atoms with E-state index in [9.17, 15) is 9.90 Å². The van der Waals surface area contributed by atoms with Gasteiger partial charge in [0.15, 0.2) is 0 Å². The molecule has 0 saturated carbocycles. The van der Waals surface area contributed by atoms with Gasteiger partial charge in [-0.3, -0.25) is 4.79 Å². The van der Waals surface area contributed by atoms with Crippen molar-refractivity contribution in [1.29, 1.82) is 0 Å². The molecule has 3 N–H and O–H groups in total. The van der Waals surface area contributed by atoms with Crippen LogP contribution in [0.25, 0.3) is 5.57 Å². The van der Waals surface area contributed by atoms with E-state index in [0.29, 0.717) is 11.1 Å². The van der Waals surface area contributed by atoms with E-state index in [1.54, 1.807) is 18.2 Å². The Balaban J connectivity index is 2.76. The van der Waals surface area contributed by atoms with Crippen molar-refractivity contribution in [3.05, 3.63) is 71.3 Å². The van der Waals surface area contributed by atoms with Gasteiger partial charge in [0.05, 0.1) is 0 Å². The summed E-state index contributed by atoms with van der Waals surface area (Å²) < 4.78 is 0. The van der Waals surface area contributed by atoms with E-state index in [-0.39, 0.29) is 17.6 Å². The average molecular weight is 337 g/mol. The topological polar surface area (TPSA) is 63.3 Å². The Labute approximate surface area is 150 Å². The van der Waals surface area contributed by atoms with Crippen LogP contribution >= 0.6 is 0 Å². The lowest BCUT2D eigenvalue weighted by atomic mass is 9.75. The molecule has 0 aliphatic heterocycles. The third-order valence-corrected chi connectivity index (χ3v) is 4.93. The summed E-state index contributed by atoms with van der Waals surface area (Å²) in [5.41, 5.74) is 9.14. The Morgan fingerprint density at radius 3 is 2.16 bits per heavy atom. The molecule has 25 heavy (non-hydrogen) atoms. The molecule has 0 bridgehead atoms. The van der Waals surface area contributed by atoms with Gasteiger partial charge in [-0.25, -0.2) is 0 Å². The second-order valence-electron chi connectivity index (χ2n) is 7.13. The first-order valence-corrected chi connectivity index (χ1v) is 8.65. The van der Waals surface area contributed by atoms with Crippen molar-refractivity contribution in [3.8, 4) is 5.75 Å². The molecule has 0 radical (unpaired) electrons. The number of hydrogen-bond donors (Lipinski definition) is 2. The van der Waals surface area contributed by atoms with E-state index in [4.69, 9.17) is 5.73 Å². The first-order valence-electron chi connectivity index (χ1n) is 8.65. The van der Waals surface area contributed by atoms with Crippen molar-refractivity contribution < 1.29 is 9.90 Å². The molecule has 0 spiro atoms. The maximum Gasteiger partial charge on any atom is 0.150 e. The summed E-state index contributed by atoms with van der Waals surface area (Å²) in [6.45, 7) is 8.39. The van der Waals surface area contributed by atoms with Crippen molar-refractivity contribution in [1.82, 2.24) is 0 Å². The van der Waals surface area contributed by atoms with Gasteiger partial charge >= 0.3 is 0 Å². The minimum absolute atomic E-state index is 0.135. The number of rotatable bonds is 6. The molecular formula is C22H27NO2. The number of aromatic hydroxyl groups is 1. The monoisotopic (exact) mass is 337 g/mol. The van der Waals surface area contributed by atoms with Gasteiger partial charge in [0.2, 0.25) is 0 Å². The fourth-order valence-corrected chi connectivity index (χ4v) is 3.03. The summed E-state index contributed by atoms with van der Waals surface area (Å²) in [6.07, 6.45) is 2.83. The van der Waals surface area contributed by atoms with Crippen LogP contribution in [0.4, 0.5) is 0 Å². The van der Waals surface area contributed by atoms with Crippen LogP contribution in [-0.4, -0.2) is 16.9 Å². The fraction of sp³-hybridized carbons (Fsp3) is 0.318. The molecule has 2 aromatic carbocycles. The van der Waals surface area contributed by atoms with Crippen molar-refractivity contribution in [2.24, 2.45) is 17.6 Å². The minimum atomic E-state index is -0.547. The van der Waals surface area contributed by atoms with Crippen molar-refractivity contribution in [2.75, 3.05) is 0 Å². The van der Waals surface area contributed by atoms with Gasteiger partial charge in [-0.15, -0.1) is 0 Å². The number of nitrogens with two attached hydrogens (primary N) is 1. The van der Waals surface area contributed by atoms with Crippen LogP contribution in [0, 0.1) is 11.8 Å². The molecule has 0 unspecified atom stereocenters. The molecule has 2 aromatic rings. The normalized spacial score (nSPS) is 12.7. The second-order valence-corrected chi connectivity index (χ2v) is 7.13. The maximum atomic E-state index is 11.2. The van der Waals surface area contributed by atoms with Crippen LogP contribution in [0.3, 0.4) is 0 Å². The third kappa shape index (κ3) is 3.99. The number of carbonyl (C=O) groups is 1. The lowest BCUT2D eigenvalue weighted by Gasteiger charge is -2.36. The van der Waals surface area contributed by atoms with Crippen LogP contribution in [0.1, 0.15) is 49.2 Å². The molecule has 0 heterocycles. The molecule has 3 nitrogen and oxygen atoms in total. The molecule has 0 aromatic heterocycles. The highest BCUT2D eigenvalue weighted by molar-refractivity contribution is 5.86. The van der Waals surface area contributed by atoms with Crippen LogP contribution < -0.4 is 5.73 Å². The van der Waals surface area contributed by atoms with Gasteiger partial charge < -0.3 is 10.8 Å². The van der Waals surface area contributed by atoms with Gasteiger partial charge in [0.25, 0.3) is 0 Å². The Morgan fingerprint density at radius 2 is 1.64 bits per heavy atom. The number of hydrogen-bond acceptors (Lipinski definition) is 3. The lowest BCUT2D eigenvalue weighted by Crippen LogP contribution is -2.48. The van der Waals surface area contributed by atoms with Crippen LogP contribution in [-0.2, 0) is 0 Å². The van der Waals surface area contributed by atoms with Gasteiger partial charge in [-0.1, -0.05) is 64.1 Å². The van der Waals surface area contributed by atoms with Crippen LogP contribution in [0.2, 0.25) is 0 Å². The van der Waals surface area contributed by atoms with Gasteiger partial charge in [-0.05, 0) is 41.2 Å². The summed E-state index contributed by atoms with van der Waals surface area (Å²) in [7, 11) is 0. The molecule has 132 valence electrons. The number of aldehydes is 1.